The fraction of sp³-hybridized carbons (Fsp3) is 0.111. The number of methoxy groups -OCH3 is 2. The molecule has 0 fully saturated rings. The lowest BCUT2D eigenvalue weighted by molar-refractivity contribution is 0.102. The molecule has 0 aliphatic heterocycles. The number of ether oxygens (including phenoxy) is 2. The highest BCUT2D eigenvalue weighted by atomic mass is 32.2. The number of aromatic nitrogens is 1. The third kappa shape index (κ3) is 4.59. The predicted molar refractivity (Wildman–Crippen MR) is 106 cm³/mol. The first-order chi connectivity index (χ1) is 13.4. The largest absolute Gasteiger partial charge is 0.497 e. The zero-order valence-corrected chi connectivity index (χ0v) is 16.6. The Labute approximate surface area is 166 Å². The number of benzene rings is 2. The first kappa shape index (κ1) is 19.6. The van der Waals surface area contributed by atoms with Crippen LogP contribution < -0.4 is 14.8 Å². The molecule has 0 bridgehead atoms. The Morgan fingerprint density at radius 2 is 1.71 bits per heavy atom. The van der Waals surface area contributed by atoms with Crippen LogP contribution in [0.15, 0.2) is 58.9 Å². The first-order valence-electron chi connectivity index (χ1n) is 7.93. The van der Waals surface area contributed by atoms with Gasteiger partial charge in [-0.3, -0.25) is 4.79 Å². The fourth-order valence-corrected chi connectivity index (χ4v) is 3.94. The minimum absolute atomic E-state index is 0.00347. The Morgan fingerprint density at radius 1 is 1.07 bits per heavy atom. The highest BCUT2D eigenvalue weighted by Gasteiger charge is 2.13. The summed E-state index contributed by atoms with van der Waals surface area (Å²) in [6, 6.07) is 10.5. The molecule has 0 saturated carbocycles. The molecule has 3 aromatic rings. The summed E-state index contributed by atoms with van der Waals surface area (Å²) in [6.45, 7) is 0. The van der Waals surface area contributed by atoms with Gasteiger partial charge in [0.25, 0.3) is 5.91 Å². The van der Waals surface area contributed by atoms with Crippen LogP contribution >= 0.6 is 11.3 Å². The highest BCUT2D eigenvalue weighted by molar-refractivity contribution is 7.94. The van der Waals surface area contributed by atoms with Crippen molar-refractivity contribution in [1.29, 1.82) is 0 Å². The summed E-state index contributed by atoms with van der Waals surface area (Å²) in [5, 5.41) is 4.50. The number of amides is 1. The number of nitrogens with one attached hydrogen (secondary N) is 1. The lowest BCUT2D eigenvalue weighted by atomic mass is 10.2. The number of anilines is 1. The Morgan fingerprint density at radius 3 is 2.25 bits per heavy atom. The van der Waals surface area contributed by atoms with Crippen LogP contribution in [0.3, 0.4) is 0 Å². The molecule has 146 valence electrons. The summed E-state index contributed by atoms with van der Waals surface area (Å²) in [4.78, 5) is 16.3. The number of rotatable bonds is 7. The van der Waals surface area contributed by atoms with Crippen molar-refractivity contribution >= 4 is 38.1 Å². The van der Waals surface area contributed by atoms with Crippen LogP contribution in [0.2, 0.25) is 0 Å². The summed E-state index contributed by atoms with van der Waals surface area (Å²) in [6.07, 6.45) is 1.48. The van der Waals surface area contributed by atoms with Crippen LogP contribution in [-0.2, 0) is 10.0 Å². The van der Waals surface area contributed by atoms with Crippen molar-refractivity contribution < 1.29 is 22.7 Å². The molecule has 1 amide bonds. The molecule has 0 radical (unpaired) electrons. The Hall–Kier alpha value is -3.11. The van der Waals surface area contributed by atoms with Crippen LogP contribution in [-0.4, -0.2) is 33.5 Å². The van der Waals surface area contributed by atoms with Crippen molar-refractivity contribution in [2.24, 2.45) is 0 Å². The van der Waals surface area contributed by atoms with Gasteiger partial charge in [-0.05, 0) is 41.8 Å². The number of hydrogen-bond acceptors (Lipinski definition) is 7. The third-order valence-corrected chi connectivity index (χ3v) is 5.70. The van der Waals surface area contributed by atoms with Crippen LogP contribution in [0.5, 0.6) is 11.5 Å². The van der Waals surface area contributed by atoms with E-state index in [1.807, 2.05) is 0 Å². The number of sulfonamides is 1. The number of nitrogens with zero attached hydrogens (tertiary/aromatic N) is 2. The second kappa shape index (κ2) is 8.28. The van der Waals surface area contributed by atoms with Gasteiger partial charge in [0.05, 0.1) is 19.1 Å². The van der Waals surface area contributed by atoms with Crippen molar-refractivity contribution in [3.8, 4) is 11.5 Å². The van der Waals surface area contributed by atoms with E-state index in [4.69, 9.17) is 9.47 Å². The molecule has 0 saturated heterocycles. The Bertz CT molecular complexity index is 1040. The molecule has 0 aliphatic rings. The maximum Gasteiger partial charge on any atom is 0.255 e. The average molecular weight is 418 g/mol. The van der Waals surface area contributed by atoms with Gasteiger partial charge in [0, 0.05) is 22.4 Å². The third-order valence-electron chi connectivity index (χ3n) is 3.64. The standard InChI is InChI=1S/C18H17N3O5S2/c1-25-14-9-12(10-15(11-14)26-2)17(22)20-13-3-5-16(6-4-13)28(23,24)21-18-19-7-8-27-18/h3-11H,1-2H3,(H2,19,20,21,22)/p-1. The first-order valence-corrected chi connectivity index (χ1v) is 10.3. The quantitative estimate of drug-likeness (QED) is 0.625. The van der Waals surface area contributed by atoms with Crippen LogP contribution in [0.4, 0.5) is 10.8 Å². The second-order valence-electron chi connectivity index (χ2n) is 5.46. The molecule has 0 aliphatic carbocycles. The topological polar surface area (TPSA) is 109 Å². The molecule has 8 nitrogen and oxygen atoms in total. The monoisotopic (exact) mass is 418 g/mol. The highest BCUT2D eigenvalue weighted by Crippen LogP contribution is 2.30. The number of thiazole rings is 1. The van der Waals surface area contributed by atoms with Gasteiger partial charge in [-0.15, -0.1) is 0 Å². The van der Waals surface area contributed by atoms with E-state index in [2.05, 4.69) is 15.0 Å². The Balaban J connectivity index is 1.74. The van der Waals surface area contributed by atoms with E-state index in [0.717, 1.165) is 11.3 Å². The van der Waals surface area contributed by atoms with Gasteiger partial charge >= 0.3 is 0 Å². The SMILES string of the molecule is COc1cc(OC)cc(C(=O)Nc2ccc(S(=O)(=O)[N-]c3nccs3)cc2)c1. The normalized spacial score (nSPS) is 10.9. The van der Waals surface area contributed by atoms with E-state index >= 15 is 0 Å². The maximum atomic E-state index is 12.5. The molecule has 0 spiro atoms. The van der Waals surface area contributed by atoms with E-state index in [-0.39, 0.29) is 15.9 Å². The van der Waals surface area contributed by atoms with Gasteiger partial charge in [0.15, 0.2) is 0 Å². The second-order valence-corrected chi connectivity index (χ2v) is 7.94. The van der Waals surface area contributed by atoms with Crippen molar-refractivity contribution in [1.82, 2.24) is 4.98 Å². The molecular weight excluding hydrogens is 402 g/mol. The van der Waals surface area contributed by atoms with Crippen LogP contribution in [0, 0.1) is 0 Å². The summed E-state index contributed by atoms with van der Waals surface area (Å²) in [5.41, 5.74) is 0.770. The van der Waals surface area contributed by atoms with Gasteiger partial charge in [0.1, 0.15) is 11.5 Å². The van der Waals surface area contributed by atoms with Crippen LogP contribution in [0.1, 0.15) is 10.4 Å². The van der Waals surface area contributed by atoms with Crippen molar-refractivity contribution in [2.45, 2.75) is 4.90 Å². The molecule has 0 unspecified atom stereocenters. The van der Waals surface area contributed by atoms with Crippen molar-refractivity contribution in [3.05, 3.63) is 64.3 Å². The lowest BCUT2D eigenvalue weighted by Crippen LogP contribution is -2.12. The molecule has 10 heteroatoms. The molecule has 0 atom stereocenters. The van der Waals surface area contributed by atoms with E-state index in [1.165, 1.54) is 44.7 Å². The predicted octanol–water partition coefficient (Wildman–Crippen LogP) is 3.81. The van der Waals surface area contributed by atoms with Crippen molar-refractivity contribution in [2.75, 3.05) is 19.5 Å². The van der Waals surface area contributed by atoms with E-state index in [0.29, 0.717) is 22.7 Å². The average Bonchev–Trinajstić information content (AvgIpc) is 3.20. The van der Waals surface area contributed by atoms with Gasteiger partial charge in [-0.1, -0.05) is 6.20 Å². The molecular formula is C18H16N3O5S2-. The summed E-state index contributed by atoms with van der Waals surface area (Å²) >= 11 is 1.13. The number of carbonyl (C=O) groups is 1. The minimum Gasteiger partial charge on any atom is -0.497 e. The van der Waals surface area contributed by atoms with E-state index in [1.54, 1.807) is 23.6 Å². The van der Waals surface area contributed by atoms with Crippen molar-refractivity contribution in [3.63, 3.8) is 0 Å². The fourth-order valence-electron chi connectivity index (χ4n) is 2.27. The minimum atomic E-state index is -3.87. The van der Waals surface area contributed by atoms with Gasteiger partial charge in [0.2, 0.25) is 10.0 Å². The summed E-state index contributed by atoms with van der Waals surface area (Å²) in [5.74, 6) is 0.574. The number of hydrogen-bond donors (Lipinski definition) is 1. The molecule has 1 heterocycles. The summed E-state index contributed by atoms with van der Waals surface area (Å²) in [7, 11) is -0.887. The zero-order chi connectivity index (χ0) is 20.1. The molecule has 2 aromatic carbocycles. The van der Waals surface area contributed by atoms with Crippen LogP contribution in [0.25, 0.3) is 4.72 Å². The lowest BCUT2D eigenvalue weighted by Gasteiger charge is -2.13. The van der Waals surface area contributed by atoms with Gasteiger partial charge in [-0.25, -0.2) is 8.42 Å². The molecule has 1 aromatic heterocycles. The Kier molecular flexibility index (Phi) is 5.81. The van der Waals surface area contributed by atoms with E-state index < -0.39 is 10.0 Å². The van der Waals surface area contributed by atoms with E-state index in [9.17, 15) is 13.2 Å². The smallest absolute Gasteiger partial charge is 0.255 e. The summed E-state index contributed by atoms with van der Waals surface area (Å²) < 4.78 is 38.5. The molecule has 1 N–H and O–H groups in total. The molecule has 28 heavy (non-hydrogen) atoms. The zero-order valence-electron chi connectivity index (χ0n) is 14.9. The molecule has 3 rings (SSSR count). The number of carbonyl (C=O) groups excluding carboxylic acids is 1. The van der Waals surface area contributed by atoms with Gasteiger partial charge in [-0.2, -0.15) is 11.3 Å². The van der Waals surface area contributed by atoms with Gasteiger partial charge < -0.3 is 24.5 Å². The maximum absolute atomic E-state index is 12.5.